The van der Waals surface area contributed by atoms with E-state index in [-0.39, 0.29) is 5.69 Å². The van der Waals surface area contributed by atoms with Crippen LogP contribution in [0.15, 0.2) is 36.4 Å². The molecule has 0 unspecified atom stereocenters. The van der Waals surface area contributed by atoms with Crippen molar-refractivity contribution in [2.75, 3.05) is 0 Å². The number of non-ortho nitro benzene ring substituents is 1. The van der Waals surface area contributed by atoms with Crippen LogP contribution in [0.5, 0.6) is 0 Å². The van der Waals surface area contributed by atoms with Gasteiger partial charge in [-0.1, -0.05) is 18.2 Å². The van der Waals surface area contributed by atoms with Crippen LogP contribution in [-0.2, 0) is 0 Å². The van der Waals surface area contributed by atoms with Crippen molar-refractivity contribution >= 4 is 22.7 Å². The first-order valence-corrected chi connectivity index (χ1v) is 4.35. The molecule has 4 heteroatoms. The molecule has 74 valence electrons. The number of nitrogens with zero attached hydrogens (tertiary/aromatic N) is 1. The smallest absolute Gasteiger partial charge is 0.277 e. The van der Waals surface area contributed by atoms with Gasteiger partial charge in [0.15, 0.2) is 0 Å². The summed E-state index contributed by atoms with van der Waals surface area (Å²) in [4.78, 5) is 20.9. The predicted molar refractivity (Wildman–Crippen MR) is 56.0 cm³/mol. The Balaban J connectivity index is 2.86. The zero-order valence-electron chi connectivity index (χ0n) is 7.71. The molecule has 0 aromatic heterocycles. The number of fused-ring (bicyclic) bond motifs is 1. The molecule has 0 aliphatic heterocycles. The molecule has 0 aliphatic carbocycles. The fraction of sp³-hybridized carbons (Fsp3) is 0. The first-order valence-electron chi connectivity index (χ1n) is 4.35. The number of hydrogen-bond acceptors (Lipinski definition) is 3. The molecule has 0 heterocycles. The highest BCUT2D eigenvalue weighted by atomic mass is 16.6. The lowest BCUT2D eigenvalue weighted by molar-refractivity contribution is -0.383. The average molecular weight is 201 g/mol. The number of carbonyl (C=O) groups is 1. The largest absolute Gasteiger partial charge is 0.298 e. The Morgan fingerprint density at radius 1 is 1.20 bits per heavy atom. The summed E-state index contributed by atoms with van der Waals surface area (Å²) in [7, 11) is 0. The minimum absolute atomic E-state index is 0.0322. The third-order valence-electron chi connectivity index (χ3n) is 2.20. The lowest BCUT2D eigenvalue weighted by Crippen LogP contribution is -1.91. The van der Waals surface area contributed by atoms with Crippen LogP contribution in [-0.4, -0.2) is 11.2 Å². The van der Waals surface area contributed by atoms with Crippen molar-refractivity contribution in [2.24, 2.45) is 0 Å². The molecule has 4 nitrogen and oxygen atoms in total. The highest BCUT2D eigenvalue weighted by Gasteiger charge is 2.12. The topological polar surface area (TPSA) is 60.2 Å². The summed E-state index contributed by atoms with van der Waals surface area (Å²) in [6.45, 7) is 0. The molecule has 0 saturated carbocycles. The van der Waals surface area contributed by atoms with Gasteiger partial charge in [-0.2, -0.15) is 0 Å². The van der Waals surface area contributed by atoms with Crippen LogP contribution in [0.3, 0.4) is 0 Å². The molecule has 2 aromatic rings. The summed E-state index contributed by atoms with van der Waals surface area (Å²) >= 11 is 0. The van der Waals surface area contributed by atoms with E-state index in [9.17, 15) is 14.9 Å². The van der Waals surface area contributed by atoms with Gasteiger partial charge < -0.3 is 0 Å². The number of hydrogen-bond donors (Lipinski definition) is 0. The van der Waals surface area contributed by atoms with Crippen molar-refractivity contribution in [3.05, 3.63) is 52.1 Å². The van der Waals surface area contributed by atoms with E-state index in [0.717, 1.165) is 0 Å². The number of carbonyl (C=O) groups excluding carboxylic acids is 1. The fourth-order valence-corrected chi connectivity index (χ4v) is 1.53. The summed E-state index contributed by atoms with van der Waals surface area (Å²) < 4.78 is 0. The summed E-state index contributed by atoms with van der Waals surface area (Å²) in [5.74, 6) is 0. The van der Waals surface area contributed by atoms with Gasteiger partial charge in [-0.25, -0.2) is 0 Å². The average Bonchev–Trinajstić information content (AvgIpc) is 2.27. The van der Waals surface area contributed by atoms with Crippen LogP contribution in [0.2, 0.25) is 0 Å². The van der Waals surface area contributed by atoms with E-state index in [0.29, 0.717) is 22.6 Å². The van der Waals surface area contributed by atoms with Gasteiger partial charge in [0.2, 0.25) is 0 Å². The Hall–Kier alpha value is -2.23. The van der Waals surface area contributed by atoms with E-state index in [1.165, 1.54) is 6.07 Å². The van der Waals surface area contributed by atoms with E-state index >= 15 is 0 Å². The molecule has 2 rings (SSSR count). The quantitative estimate of drug-likeness (QED) is 0.426. The second-order valence-corrected chi connectivity index (χ2v) is 3.14. The number of benzene rings is 2. The maximum Gasteiger partial charge on any atom is 0.277 e. The number of aldehydes is 1. The summed E-state index contributed by atoms with van der Waals surface area (Å²) in [6, 6.07) is 9.85. The van der Waals surface area contributed by atoms with Gasteiger partial charge in [-0.05, 0) is 17.5 Å². The van der Waals surface area contributed by atoms with Crippen LogP contribution in [0.1, 0.15) is 10.4 Å². The SMILES string of the molecule is O=Cc1cc([N+](=O)[O-])c2ccccc2c1. The second-order valence-electron chi connectivity index (χ2n) is 3.14. The van der Waals surface area contributed by atoms with Gasteiger partial charge in [-0.15, -0.1) is 0 Å². The highest BCUT2D eigenvalue weighted by Crippen LogP contribution is 2.26. The predicted octanol–water partition coefficient (Wildman–Crippen LogP) is 2.56. The minimum atomic E-state index is -0.477. The monoisotopic (exact) mass is 201 g/mol. The summed E-state index contributed by atoms with van der Waals surface area (Å²) in [6.07, 6.45) is 0.611. The van der Waals surface area contributed by atoms with Crippen molar-refractivity contribution in [1.82, 2.24) is 0 Å². The first-order chi connectivity index (χ1) is 7.22. The maximum absolute atomic E-state index is 10.8. The van der Waals surface area contributed by atoms with Crippen molar-refractivity contribution in [2.45, 2.75) is 0 Å². The molecular weight excluding hydrogens is 194 g/mol. The van der Waals surface area contributed by atoms with E-state index < -0.39 is 4.92 Å². The van der Waals surface area contributed by atoms with Crippen LogP contribution in [0.25, 0.3) is 10.8 Å². The molecule has 0 fully saturated rings. The van der Waals surface area contributed by atoms with Crippen LogP contribution in [0.4, 0.5) is 5.69 Å². The Kier molecular flexibility index (Phi) is 2.17. The van der Waals surface area contributed by atoms with Crippen molar-refractivity contribution < 1.29 is 9.72 Å². The van der Waals surface area contributed by atoms with Crippen molar-refractivity contribution in [3.8, 4) is 0 Å². The molecule has 0 aliphatic rings. The Labute approximate surface area is 85.3 Å². The highest BCUT2D eigenvalue weighted by molar-refractivity contribution is 5.95. The normalized spacial score (nSPS) is 10.1. The molecule has 0 saturated heterocycles. The van der Waals surface area contributed by atoms with Crippen LogP contribution >= 0.6 is 0 Å². The molecule has 0 spiro atoms. The first kappa shape index (κ1) is 9.33. The number of nitro groups is 1. The molecule has 0 N–H and O–H groups in total. The maximum atomic E-state index is 10.8. The van der Waals surface area contributed by atoms with Gasteiger partial charge in [0.25, 0.3) is 5.69 Å². The molecule has 0 radical (unpaired) electrons. The molecule has 0 amide bonds. The fourth-order valence-electron chi connectivity index (χ4n) is 1.53. The number of rotatable bonds is 2. The van der Waals surface area contributed by atoms with E-state index in [4.69, 9.17) is 0 Å². The molecular formula is C11H7NO3. The zero-order valence-corrected chi connectivity index (χ0v) is 7.71. The third-order valence-corrected chi connectivity index (χ3v) is 2.20. The van der Waals surface area contributed by atoms with E-state index in [2.05, 4.69) is 0 Å². The van der Waals surface area contributed by atoms with E-state index in [1.54, 1.807) is 30.3 Å². The molecule has 0 bridgehead atoms. The van der Waals surface area contributed by atoms with Crippen molar-refractivity contribution in [1.29, 1.82) is 0 Å². The van der Waals surface area contributed by atoms with Gasteiger partial charge in [0.1, 0.15) is 6.29 Å². The molecule has 15 heavy (non-hydrogen) atoms. The number of nitro benzene ring substituents is 1. The van der Waals surface area contributed by atoms with Gasteiger partial charge >= 0.3 is 0 Å². The second kappa shape index (κ2) is 3.49. The molecule has 2 aromatic carbocycles. The van der Waals surface area contributed by atoms with Gasteiger partial charge in [0, 0.05) is 11.6 Å². The lowest BCUT2D eigenvalue weighted by Gasteiger charge is -2.00. The zero-order chi connectivity index (χ0) is 10.8. The van der Waals surface area contributed by atoms with Gasteiger partial charge in [-0.3, -0.25) is 14.9 Å². The third kappa shape index (κ3) is 1.57. The Morgan fingerprint density at radius 2 is 1.93 bits per heavy atom. The summed E-state index contributed by atoms with van der Waals surface area (Å²) in [5, 5.41) is 12.0. The van der Waals surface area contributed by atoms with Crippen molar-refractivity contribution in [3.63, 3.8) is 0 Å². The van der Waals surface area contributed by atoms with Crippen LogP contribution < -0.4 is 0 Å². The van der Waals surface area contributed by atoms with Crippen LogP contribution in [0, 0.1) is 10.1 Å². The lowest BCUT2D eigenvalue weighted by atomic mass is 10.1. The molecule has 0 atom stereocenters. The Bertz CT molecular complexity index is 549. The summed E-state index contributed by atoms with van der Waals surface area (Å²) in [5.41, 5.74) is 0.288. The Morgan fingerprint density at radius 3 is 2.60 bits per heavy atom. The van der Waals surface area contributed by atoms with E-state index in [1.807, 2.05) is 0 Å². The minimum Gasteiger partial charge on any atom is -0.298 e. The standard InChI is InChI=1S/C11H7NO3/c13-7-8-5-9-3-1-2-4-10(9)11(6-8)12(14)15/h1-7H. The van der Waals surface area contributed by atoms with Gasteiger partial charge in [0.05, 0.1) is 10.3 Å².